The number of hydrogen-bond donors (Lipinski definition) is 1. The Hall–Kier alpha value is -2.36. The predicted molar refractivity (Wildman–Crippen MR) is 116 cm³/mol. The summed E-state index contributed by atoms with van der Waals surface area (Å²) in [6.45, 7) is 2.29. The Morgan fingerprint density at radius 1 is 1.27 bits per heavy atom. The maximum absolute atomic E-state index is 12.9. The van der Waals surface area contributed by atoms with Gasteiger partial charge in [0, 0.05) is 11.1 Å². The van der Waals surface area contributed by atoms with E-state index in [4.69, 9.17) is 25.8 Å². The first kappa shape index (κ1) is 20.9. The first-order valence-electron chi connectivity index (χ1n) is 8.86. The number of aromatic hydroxyl groups is 1. The van der Waals surface area contributed by atoms with Crippen LogP contribution in [0.5, 0.6) is 23.0 Å². The number of nitrogens with zero attached hydrogens (tertiary/aromatic N) is 1. The average Bonchev–Trinajstić information content (AvgIpc) is 3.25. The van der Waals surface area contributed by atoms with E-state index in [1.165, 1.54) is 0 Å². The van der Waals surface area contributed by atoms with Crippen molar-refractivity contribution in [3.63, 3.8) is 0 Å². The summed E-state index contributed by atoms with van der Waals surface area (Å²) in [5, 5.41) is 10.0. The lowest BCUT2D eigenvalue weighted by molar-refractivity contribution is -0.123. The summed E-state index contributed by atoms with van der Waals surface area (Å²) >= 11 is 10.4. The maximum Gasteiger partial charge on any atom is 0.293 e. The molecule has 2 aliphatic rings. The van der Waals surface area contributed by atoms with Gasteiger partial charge in [0.05, 0.1) is 22.5 Å². The molecule has 2 heterocycles. The predicted octanol–water partition coefficient (Wildman–Crippen LogP) is 5.17. The van der Waals surface area contributed by atoms with Gasteiger partial charge in [-0.1, -0.05) is 11.6 Å². The van der Waals surface area contributed by atoms with Crippen molar-refractivity contribution in [1.82, 2.24) is 4.90 Å². The van der Waals surface area contributed by atoms with Crippen molar-refractivity contribution >= 4 is 56.5 Å². The molecule has 2 aliphatic heterocycles. The number of imide groups is 1. The molecule has 0 radical (unpaired) electrons. The zero-order valence-electron chi connectivity index (χ0n) is 15.6. The summed E-state index contributed by atoms with van der Waals surface area (Å²) in [6.07, 6.45) is 1.58. The molecule has 0 spiro atoms. The van der Waals surface area contributed by atoms with Gasteiger partial charge in [0.25, 0.3) is 11.1 Å². The van der Waals surface area contributed by atoms with E-state index in [-0.39, 0.29) is 29.7 Å². The number of halogens is 2. The summed E-state index contributed by atoms with van der Waals surface area (Å²) < 4.78 is 16.4. The van der Waals surface area contributed by atoms with Gasteiger partial charge in [-0.25, -0.2) is 0 Å². The second kappa shape index (κ2) is 8.41. The van der Waals surface area contributed by atoms with E-state index in [0.29, 0.717) is 38.7 Å². The van der Waals surface area contributed by atoms with E-state index in [1.807, 2.05) is 0 Å². The maximum atomic E-state index is 12.9. The van der Waals surface area contributed by atoms with Gasteiger partial charge in [-0.2, -0.15) is 0 Å². The van der Waals surface area contributed by atoms with Crippen LogP contribution >= 0.6 is 39.3 Å². The van der Waals surface area contributed by atoms with Gasteiger partial charge < -0.3 is 19.3 Å². The number of thioether (sulfide) groups is 1. The lowest BCUT2D eigenvalue weighted by Gasteiger charge is -2.14. The normalized spacial score (nSPS) is 16.6. The fraction of sp³-hybridized carbons (Fsp3) is 0.200. The Balaban J connectivity index is 1.59. The van der Waals surface area contributed by atoms with Crippen LogP contribution in [0.3, 0.4) is 0 Å². The highest BCUT2D eigenvalue weighted by atomic mass is 79.9. The van der Waals surface area contributed by atoms with Crippen LogP contribution < -0.4 is 14.2 Å². The Morgan fingerprint density at radius 2 is 2.00 bits per heavy atom. The summed E-state index contributed by atoms with van der Waals surface area (Å²) in [6, 6.07) is 6.52. The molecule has 30 heavy (non-hydrogen) atoms. The molecule has 10 heteroatoms. The molecule has 0 unspecified atom stereocenters. The standard InChI is InChI=1S/C20H15BrClNO6S/c1-2-27-16-4-10(3-12(21)18(16)24)5-17-19(25)23(20(26)30-17)8-11-6-14-15(7-13(11)22)29-9-28-14/h3-7,24H,2,8-9H2,1H3/b17-5+. The molecule has 0 aromatic heterocycles. The summed E-state index contributed by atoms with van der Waals surface area (Å²) in [5.74, 6) is 0.875. The van der Waals surface area contributed by atoms with Gasteiger partial charge in [0.2, 0.25) is 6.79 Å². The first-order valence-corrected chi connectivity index (χ1v) is 10.8. The van der Waals surface area contributed by atoms with E-state index in [0.717, 1.165) is 16.7 Å². The third-order valence-corrected chi connectivity index (χ3v) is 6.26. The van der Waals surface area contributed by atoms with Crippen molar-refractivity contribution in [2.75, 3.05) is 13.4 Å². The molecule has 7 nitrogen and oxygen atoms in total. The minimum Gasteiger partial charge on any atom is -0.503 e. The van der Waals surface area contributed by atoms with Gasteiger partial charge in [-0.15, -0.1) is 0 Å². The third kappa shape index (κ3) is 3.97. The number of phenolic OH excluding ortho intramolecular Hbond substituents is 1. The van der Waals surface area contributed by atoms with Crippen molar-refractivity contribution in [2.45, 2.75) is 13.5 Å². The molecule has 1 saturated heterocycles. The highest BCUT2D eigenvalue weighted by Crippen LogP contribution is 2.40. The number of amides is 2. The Kier molecular flexibility index (Phi) is 5.86. The molecule has 4 rings (SSSR count). The van der Waals surface area contributed by atoms with Crippen molar-refractivity contribution < 1.29 is 28.9 Å². The van der Waals surface area contributed by atoms with Crippen LogP contribution in [-0.2, 0) is 11.3 Å². The second-order valence-corrected chi connectivity index (χ2v) is 8.60. The van der Waals surface area contributed by atoms with Crippen molar-refractivity contribution in [3.8, 4) is 23.0 Å². The van der Waals surface area contributed by atoms with Crippen molar-refractivity contribution in [3.05, 3.63) is 49.8 Å². The molecule has 156 valence electrons. The Morgan fingerprint density at radius 3 is 2.73 bits per heavy atom. The number of rotatable bonds is 5. The summed E-state index contributed by atoms with van der Waals surface area (Å²) in [7, 11) is 0. The zero-order chi connectivity index (χ0) is 21.4. The van der Waals surface area contributed by atoms with Crippen LogP contribution in [0.25, 0.3) is 6.08 Å². The molecule has 0 bridgehead atoms. The van der Waals surface area contributed by atoms with Gasteiger partial charge in [-0.05, 0) is 70.0 Å². The van der Waals surface area contributed by atoms with Crippen LogP contribution in [0.4, 0.5) is 4.79 Å². The quantitative estimate of drug-likeness (QED) is 0.553. The number of ether oxygens (including phenoxy) is 3. The molecular formula is C20H15BrClNO6S. The van der Waals surface area contributed by atoms with Gasteiger partial charge in [0.15, 0.2) is 23.0 Å². The first-order chi connectivity index (χ1) is 14.4. The van der Waals surface area contributed by atoms with Crippen LogP contribution in [0, 0.1) is 0 Å². The monoisotopic (exact) mass is 511 g/mol. The van der Waals surface area contributed by atoms with E-state index < -0.39 is 11.1 Å². The van der Waals surface area contributed by atoms with Crippen molar-refractivity contribution in [1.29, 1.82) is 0 Å². The smallest absolute Gasteiger partial charge is 0.293 e. The molecule has 0 aliphatic carbocycles. The lowest BCUT2D eigenvalue weighted by Crippen LogP contribution is -2.27. The van der Waals surface area contributed by atoms with E-state index in [9.17, 15) is 14.7 Å². The molecule has 1 fully saturated rings. The van der Waals surface area contributed by atoms with E-state index in [1.54, 1.807) is 37.3 Å². The molecule has 0 atom stereocenters. The van der Waals surface area contributed by atoms with E-state index in [2.05, 4.69) is 15.9 Å². The number of phenols is 1. The Labute approximate surface area is 189 Å². The van der Waals surface area contributed by atoms with Crippen LogP contribution in [0.1, 0.15) is 18.1 Å². The highest BCUT2D eigenvalue weighted by molar-refractivity contribution is 9.10. The highest BCUT2D eigenvalue weighted by Gasteiger charge is 2.35. The largest absolute Gasteiger partial charge is 0.503 e. The minimum atomic E-state index is -0.430. The number of carbonyl (C=O) groups excluding carboxylic acids is 2. The number of carbonyl (C=O) groups is 2. The fourth-order valence-corrected chi connectivity index (χ4v) is 4.49. The van der Waals surface area contributed by atoms with Crippen LogP contribution in [-0.4, -0.2) is 34.6 Å². The molecular weight excluding hydrogens is 498 g/mol. The second-order valence-electron chi connectivity index (χ2n) is 6.35. The minimum absolute atomic E-state index is 0.0148. The van der Waals surface area contributed by atoms with Crippen LogP contribution in [0.15, 0.2) is 33.6 Å². The Bertz CT molecular complexity index is 1090. The lowest BCUT2D eigenvalue weighted by atomic mass is 10.1. The zero-order valence-corrected chi connectivity index (χ0v) is 18.8. The molecule has 2 aromatic carbocycles. The average molecular weight is 513 g/mol. The number of hydrogen-bond acceptors (Lipinski definition) is 7. The SMILES string of the molecule is CCOc1cc(/C=C2/SC(=O)N(Cc3cc4c(cc3Cl)OCO4)C2=O)cc(Br)c1O. The summed E-state index contributed by atoms with van der Waals surface area (Å²) in [5.41, 5.74) is 1.19. The van der Waals surface area contributed by atoms with Gasteiger partial charge in [0.1, 0.15) is 0 Å². The van der Waals surface area contributed by atoms with Crippen molar-refractivity contribution in [2.24, 2.45) is 0 Å². The third-order valence-electron chi connectivity index (χ3n) is 4.39. The molecule has 2 aromatic rings. The van der Waals surface area contributed by atoms with E-state index >= 15 is 0 Å². The molecule has 1 N–H and O–H groups in total. The molecule has 2 amide bonds. The summed E-state index contributed by atoms with van der Waals surface area (Å²) in [4.78, 5) is 26.7. The van der Waals surface area contributed by atoms with Crippen LogP contribution in [0.2, 0.25) is 5.02 Å². The molecule has 0 saturated carbocycles. The van der Waals surface area contributed by atoms with Gasteiger partial charge in [-0.3, -0.25) is 14.5 Å². The van der Waals surface area contributed by atoms with Gasteiger partial charge >= 0.3 is 0 Å². The number of fused-ring (bicyclic) bond motifs is 1. The topological polar surface area (TPSA) is 85.3 Å². The fourth-order valence-electron chi connectivity index (χ4n) is 2.98. The number of benzene rings is 2.